The lowest BCUT2D eigenvalue weighted by atomic mass is 10.1. The first-order valence-electron chi connectivity index (χ1n) is 7.34. The van der Waals surface area contributed by atoms with Crippen molar-refractivity contribution in [1.82, 2.24) is 4.90 Å². The van der Waals surface area contributed by atoms with E-state index in [0.29, 0.717) is 30.5 Å². The zero-order chi connectivity index (χ0) is 16.7. The standard InChI is InChI=1S/C19H17N3O/c1-22(14-18-8-6-17(13-21)7-9-18)19(23)11-10-15-2-4-16(12-20)5-3-15/h2-9H,10-11,14H2,1H3. The van der Waals surface area contributed by atoms with Gasteiger partial charge in [0.2, 0.25) is 5.91 Å². The van der Waals surface area contributed by atoms with Crippen molar-refractivity contribution in [3.63, 3.8) is 0 Å². The van der Waals surface area contributed by atoms with Gasteiger partial charge in [0.15, 0.2) is 0 Å². The van der Waals surface area contributed by atoms with Crippen LogP contribution in [0.4, 0.5) is 0 Å². The molecule has 2 aromatic rings. The Labute approximate surface area is 136 Å². The third-order valence-electron chi connectivity index (χ3n) is 3.64. The molecule has 0 bridgehead atoms. The lowest BCUT2D eigenvalue weighted by molar-refractivity contribution is -0.130. The molecule has 0 aliphatic rings. The predicted octanol–water partition coefficient (Wildman–Crippen LogP) is 3.02. The molecule has 0 spiro atoms. The molecule has 2 aromatic carbocycles. The summed E-state index contributed by atoms with van der Waals surface area (Å²) in [7, 11) is 1.78. The zero-order valence-electron chi connectivity index (χ0n) is 13.0. The highest BCUT2D eigenvalue weighted by Crippen LogP contribution is 2.10. The quantitative estimate of drug-likeness (QED) is 0.852. The van der Waals surface area contributed by atoms with Gasteiger partial charge in [-0.15, -0.1) is 0 Å². The number of hydrogen-bond donors (Lipinski definition) is 0. The van der Waals surface area contributed by atoms with Crippen molar-refractivity contribution in [3.05, 3.63) is 70.8 Å². The highest BCUT2D eigenvalue weighted by atomic mass is 16.2. The van der Waals surface area contributed by atoms with Crippen LogP contribution >= 0.6 is 0 Å². The van der Waals surface area contributed by atoms with Crippen LogP contribution in [0.3, 0.4) is 0 Å². The van der Waals surface area contributed by atoms with E-state index in [0.717, 1.165) is 11.1 Å². The Hall–Kier alpha value is -3.11. The van der Waals surface area contributed by atoms with Crippen LogP contribution in [0.5, 0.6) is 0 Å². The minimum absolute atomic E-state index is 0.0683. The van der Waals surface area contributed by atoms with E-state index in [1.807, 2.05) is 24.3 Å². The fourth-order valence-corrected chi connectivity index (χ4v) is 2.23. The molecule has 0 heterocycles. The van der Waals surface area contributed by atoms with E-state index in [2.05, 4.69) is 12.1 Å². The number of hydrogen-bond acceptors (Lipinski definition) is 3. The van der Waals surface area contributed by atoms with Gasteiger partial charge in [0, 0.05) is 20.0 Å². The predicted molar refractivity (Wildman–Crippen MR) is 87.1 cm³/mol. The third kappa shape index (κ3) is 4.69. The molecule has 114 valence electrons. The molecule has 0 aliphatic carbocycles. The van der Waals surface area contributed by atoms with Gasteiger partial charge < -0.3 is 4.90 Å². The smallest absolute Gasteiger partial charge is 0.222 e. The van der Waals surface area contributed by atoms with Gasteiger partial charge in [-0.1, -0.05) is 24.3 Å². The molecule has 0 N–H and O–H groups in total. The van der Waals surface area contributed by atoms with Gasteiger partial charge in [-0.25, -0.2) is 0 Å². The van der Waals surface area contributed by atoms with Crippen LogP contribution in [0.15, 0.2) is 48.5 Å². The van der Waals surface area contributed by atoms with Crippen LogP contribution in [-0.4, -0.2) is 17.9 Å². The molecule has 0 fully saturated rings. The Bertz CT molecular complexity index is 749. The molecule has 2 rings (SSSR count). The fourth-order valence-electron chi connectivity index (χ4n) is 2.23. The van der Waals surface area contributed by atoms with Gasteiger partial charge in [-0.05, 0) is 41.8 Å². The normalized spacial score (nSPS) is 9.70. The summed E-state index contributed by atoms with van der Waals surface area (Å²) in [6.45, 7) is 0.526. The molecule has 0 aromatic heterocycles. The number of rotatable bonds is 5. The van der Waals surface area contributed by atoms with Crippen LogP contribution in [0, 0.1) is 22.7 Å². The number of nitrogens with zero attached hydrogens (tertiary/aromatic N) is 3. The maximum atomic E-state index is 12.2. The van der Waals surface area contributed by atoms with E-state index in [1.54, 1.807) is 36.2 Å². The van der Waals surface area contributed by atoms with E-state index in [-0.39, 0.29) is 5.91 Å². The summed E-state index contributed by atoms with van der Waals surface area (Å²) >= 11 is 0. The third-order valence-corrected chi connectivity index (χ3v) is 3.64. The van der Waals surface area contributed by atoms with Crippen LogP contribution in [0.2, 0.25) is 0 Å². The van der Waals surface area contributed by atoms with Crippen molar-refractivity contribution in [2.75, 3.05) is 7.05 Å². The molecule has 0 saturated heterocycles. The number of amides is 1. The summed E-state index contributed by atoms with van der Waals surface area (Å²) in [5.41, 5.74) is 3.28. The highest BCUT2D eigenvalue weighted by molar-refractivity contribution is 5.76. The lowest BCUT2D eigenvalue weighted by Crippen LogP contribution is -2.26. The average Bonchev–Trinajstić information content (AvgIpc) is 2.60. The zero-order valence-corrected chi connectivity index (χ0v) is 13.0. The van der Waals surface area contributed by atoms with Crippen LogP contribution in [-0.2, 0) is 17.8 Å². The number of aryl methyl sites for hydroxylation is 1. The molecule has 0 atom stereocenters. The Morgan fingerprint density at radius 1 is 0.913 bits per heavy atom. The van der Waals surface area contributed by atoms with Crippen molar-refractivity contribution < 1.29 is 4.79 Å². The summed E-state index contributed by atoms with van der Waals surface area (Å²) in [5, 5.41) is 17.5. The summed E-state index contributed by atoms with van der Waals surface area (Å²) in [6.07, 6.45) is 1.08. The van der Waals surface area contributed by atoms with Gasteiger partial charge in [-0.3, -0.25) is 4.79 Å². The second-order valence-electron chi connectivity index (χ2n) is 5.37. The number of benzene rings is 2. The molecule has 0 saturated carbocycles. The summed E-state index contributed by atoms with van der Waals surface area (Å²) < 4.78 is 0. The van der Waals surface area contributed by atoms with Crippen LogP contribution in [0.25, 0.3) is 0 Å². The molecule has 0 aliphatic heterocycles. The molecular weight excluding hydrogens is 286 g/mol. The monoisotopic (exact) mass is 303 g/mol. The van der Waals surface area contributed by atoms with Gasteiger partial charge in [0.1, 0.15) is 0 Å². The maximum Gasteiger partial charge on any atom is 0.222 e. The maximum absolute atomic E-state index is 12.2. The van der Waals surface area contributed by atoms with Gasteiger partial charge in [0.05, 0.1) is 23.3 Å². The van der Waals surface area contributed by atoms with Crippen molar-refractivity contribution in [2.24, 2.45) is 0 Å². The minimum atomic E-state index is 0.0683. The molecule has 23 heavy (non-hydrogen) atoms. The SMILES string of the molecule is CN(Cc1ccc(C#N)cc1)C(=O)CCc1ccc(C#N)cc1. The average molecular weight is 303 g/mol. The Kier molecular flexibility index (Phi) is 5.50. The van der Waals surface area contributed by atoms with Crippen molar-refractivity contribution in [2.45, 2.75) is 19.4 Å². The number of nitriles is 2. The first kappa shape index (κ1) is 16.3. The van der Waals surface area contributed by atoms with E-state index < -0.39 is 0 Å². The van der Waals surface area contributed by atoms with Crippen molar-refractivity contribution >= 4 is 5.91 Å². The summed E-state index contributed by atoms with van der Waals surface area (Å²) in [6, 6.07) is 18.7. The summed E-state index contributed by atoms with van der Waals surface area (Å²) in [4.78, 5) is 13.9. The minimum Gasteiger partial charge on any atom is -0.341 e. The first-order valence-corrected chi connectivity index (χ1v) is 7.34. The van der Waals surface area contributed by atoms with Crippen molar-refractivity contribution in [3.8, 4) is 12.1 Å². The van der Waals surface area contributed by atoms with Gasteiger partial charge >= 0.3 is 0 Å². The molecule has 4 heteroatoms. The van der Waals surface area contributed by atoms with Crippen LogP contribution < -0.4 is 0 Å². The van der Waals surface area contributed by atoms with Crippen LogP contribution in [0.1, 0.15) is 28.7 Å². The highest BCUT2D eigenvalue weighted by Gasteiger charge is 2.09. The Morgan fingerprint density at radius 3 is 1.87 bits per heavy atom. The lowest BCUT2D eigenvalue weighted by Gasteiger charge is -2.17. The van der Waals surface area contributed by atoms with Gasteiger partial charge in [-0.2, -0.15) is 10.5 Å². The topological polar surface area (TPSA) is 67.9 Å². The first-order chi connectivity index (χ1) is 11.1. The molecule has 0 unspecified atom stereocenters. The summed E-state index contributed by atoms with van der Waals surface area (Å²) in [5.74, 6) is 0.0683. The van der Waals surface area contributed by atoms with E-state index >= 15 is 0 Å². The van der Waals surface area contributed by atoms with E-state index in [9.17, 15) is 4.79 Å². The van der Waals surface area contributed by atoms with E-state index in [4.69, 9.17) is 10.5 Å². The second kappa shape index (κ2) is 7.77. The largest absolute Gasteiger partial charge is 0.341 e. The number of carbonyl (C=O) groups is 1. The molecule has 4 nitrogen and oxygen atoms in total. The molecule has 0 radical (unpaired) electrons. The Balaban J connectivity index is 1.86. The fraction of sp³-hybridized carbons (Fsp3) is 0.211. The molecular formula is C19H17N3O. The van der Waals surface area contributed by atoms with Crippen molar-refractivity contribution in [1.29, 1.82) is 10.5 Å². The Morgan fingerprint density at radius 2 is 1.39 bits per heavy atom. The number of carbonyl (C=O) groups excluding carboxylic acids is 1. The van der Waals surface area contributed by atoms with Gasteiger partial charge in [0.25, 0.3) is 0 Å². The van der Waals surface area contributed by atoms with E-state index in [1.165, 1.54) is 0 Å². The second-order valence-corrected chi connectivity index (χ2v) is 5.37. The molecule has 1 amide bonds.